The molecule has 53 heavy (non-hydrogen) atoms. The van der Waals surface area contributed by atoms with Gasteiger partial charge in [-0.2, -0.15) is 0 Å². The molecule has 0 aliphatic carbocycles. The molecule has 0 spiro atoms. The van der Waals surface area contributed by atoms with Gasteiger partial charge in [0.2, 0.25) is 5.91 Å². The monoisotopic (exact) mass is 742 g/mol. The zero-order chi connectivity index (χ0) is 37.2. The summed E-state index contributed by atoms with van der Waals surface area (Å²) in [7, 11) is 3.05. The number of anilines is 2. The molecule has 12 heteroatoms. The smallest absolute Gasteiger partial charge is 0.272 e. The highest BCUT2D eigenvalue weighted by atomic mass is 32.2. The Hall–Kier alpha value is -6.37. The number of benzene rings is 5. The van der Waals surface area contributed by atoms with Crippen LogP contribution in [0.4, 0.5) is 10.8 Å². The van der Waals surface area contributed by atoms with Crippen LogP contribution in [0.2, 0.25) is 0 Å². The van der Waals surface area contributed by atoms with E-state index in [1.807, 2.05) is 66.0 Å². The summed E-state index contributed by atoms with van der Waals surface area (Å²) < 4.78 is 10.7. The standard InChI is InChI=1S/C41H34N4O6S2/c1-50-32-17-9-15-28(21-32)35-25-52-41(44-35)45-40(49)37(26-11-5-3-6-12-26)53-33-18-10-16-30(23-33)42-39(48)34(43-38(47)27-13-7-4-8-14-27)22-29-19-20-31(46)24-36(29)51-2/h3-25,37,46H,1-2H3,(H,42,48)(H,43,47)(H,44,45,49)/b34-22+. The SMILES string of the molecule is COc1cccc(-c2csc(NC(=O)C(Sc3cccc(NC(=O)/C(=C\c4ccc(O)cc4OC)NC(=O)c4ccccc4)c3)c3ccccc3)n2)c1. The number of aromatic hydroxyl groups is 1. The summed E-state index contributed by atoms with van der Waals surface area (Å²) in [6.45, 7) is 0. The fourth-order valence-electron chi connectivity index (χ4n) is 5.22. The van der Waals surface area contributed by atoms with Crippen molar-refractivity contribution in [2.24, 2.45) is 0 Å². The first-order valence-corrected chi connectivity index (χ1v) is 18.0. The first kappa shape index (κ1) is 36.4. The van der Waals surface area contributed by atoms with Crippen LogP contribution in [-0.2, 0) is 9.59 Å². The van der Waals surface area contributed by atoms with Crippen LogP contribution in [-0.4, -0.2) is 42.0 Å². The summed E-state index contributed by atoms with van der Waals surface area (Å²) in [4.78, 5) is 46.2. The van der Waals surface area contributed by atoms with Crippen LogP contribution in [0.1, 0.15) is 26.7 Å². The van der Waals surface area contributed by atoms with Gasteiger partial charge in [-0.1, -0.05) is 66.7 Å². The third-order valence-corrected chi connectivity index (χ3v) is 9.84. The van der Waals surface area contributed by atoms with Crippen molar-refractivity contribution in [1.29, 1.82) is 0 Å². The van der Waals surface area contributed by atoms with Crippen molar-refractivity contribution < 1.29 is 29.0 Å². The molecule has 1 heterocycles. The number of rotatable bonds is 13. The molecule has 266 valence electrons. The molecule has 1 atom stereocenters. The van der Waals surface area contributed by atoms with Gasteiger partial charge in [-0.15, -0.1) is 23.1 Å². The highest BCUT2D eigenvalue weighted by Gasteiger charge is 2.24. The minimum absolute atomic E-state index is 0.0141. The Bertz CT molecular complexity index is 2260. The van der Waals surface area contributed by atoms with E-state index in [2.05, 4.69) is 20.9 Å². The Morgan fingerprint density at radius 1 is 0.811 bits per heavy atom. The van der Waals surface area contributed by atoms with Crippen LogP contribution in [0.5, 0.6) is 17.2 Å². The van der Waals surface area contributed by atoms with Gasteiger partial charge >= 0.3 is 0 Å². The van der Waals surface area contributed by atoms with Crippen molar-refractivity contribution in [3.63, 3.8) is 0 Å². The summed E-state index contributed by atoms with van der Waals surface area (Å²) in [6.07, 6.45) is 1.47. The molecule has 0 fully saturated rings. The number of thiazole rings is 1. The fraction of sp³-hybridized carbons (Fsp3) is 0.0732. The van der Waals surface area contributed by atoms with Crippen LogP contribution in [0, 0.1) is 0 Å². The molecule has 3 amide bonds. The molecule has 1 aromatic heterocycles. The van der Waals surface area contributed by atoms with Crippen molar-refractivity contribution in [3.8, 4) is 28.5 Å². The fourth-order valence-corrected chi connectivity index (χ4v) is 7.02. The van der Waals surface area contributed by atoms with E-state index in [1.165, 1.54) is 48.4 Å². The Balaban J connectivity index is 1.23. The summed E-state index contributed by atoms with van der Waals surface area (Å²) in [5.74, 6) is -0.344. The number of hydrogen-bond donors (Lipinski definition) is 4. The highest BCUT2D eigenvalue weighted by molar-refractivity contribution is 8.00. The first-order valence-electron chi connectivity index (χ1n) is 16.3. The van der Waals surface area contributed by atoms with Gasteiger partial charge in [0.1, 0.15) is 28.2 Å². The molecule has 0 aliphatic rings. The third-order valence-electron chi connectivity index (χ3n) is 7.83. The second-order valence-electron chi connectivity index (χ2n) is 11.5. The maximum atomic E-state index is 13.9. The lowest BCUT2D eigenvalue weighted by Gasteiger charge is -2.17. The lowest BCUT2D eigenvalue weighted by molar-refractivity contribution is -0.116. The lowest BCUT2D eigenvalue weighted by Crippen LogP contribution is -2.30. The Kier molecular flexibility index (Phi) is 11.8. The van der Waals surface area contributed by atoms with E-state index in [4.69, 9.17) is 9.47 Å². The van der Waals surface area contributed by atoms with E-state index in [-0.39, 0.29) is 17.4 Å². The first-order chi connectivity index (χ1) is 25.8. The topological polar surface area (TPSA) is 139 Å². The second kappa shape index (κ2) is 17.2. The van der Waals surface area contributed by atoms with E-state index in [0.29, 0.717) is 44.0 Å². The maximum absolute atomic E-state index is 13.9. The molecule has 6 rings (SSSR count). The van der Waals surface area contributed by atoms with Gasteiger partial charge in [0.15, 0.2) is 5.13 Å². The van der Waals surface area contributed by atoms with Gasteiger partial charge in [0, 0.05) is 38.7 Å². The van der Waals surface area contributed by atoms with Crippen LogP contribution < -0.4 is 25.4 Å². The number of aromatic nitrogens is 1. The average molecular weight is 743 g/mol. The molecule has 4 N–H and O–H groups in total. The molecule has 1 unspecified atom stereocenters. The zero-order valence-corrected chi connectivity index (χ0v) is 30.2. The van der Waals surface area contributed by atoms with E-state index >= 15 is 0 Å². The number of nitrogens with one attached hydrogen (secondary N) is 3. The van der Waals surface area contributed by atoms with Crippen LogP contribution in [0.15, 0.2) is 143 Å². The number of phenols is 1. The third kappa shape index (κ3) is 9.50. The molecular formula is C41H34N4O6S2. The van der Waals surface area contributed by atoms with Gasteiger partial charge < -0.3 is 30.5 Å². The molecule has 5 aromatic carbocycles. The number of carbonyl (C=O) groups is 3. The molecular weight excluding hydrogens is 709 g/mol. The minimum atomic E-state index is -0.658. The van der Waals surface area contributed by atoms with Gasteiger partial charge in [0.05, 0.1) is 19.9 Å². The quantitative estimate of drug-likeness (QED) is 0.0684. The molecule has 0 bridgehead atoms. The average Bonchev–Trinajstić information content (AvgIpc) is 3.66. The maximum Gasteiger partial charge on any atom is 0.272 e. The number of nitrogens with zero attached hydrogens (tertiary/aromatic N) is 1. The summed E-state index contributed by atoms with van der Waals surface area (Å²) >= 11 is 2.64. The van der Waals surface area contributed by atoms with E-state index in [1.54, 1.807) is 61.7 Å². The van der Waals surface area contributed by atoms with E-state index in [0.717, 1.165) is 11.1 Å². The Labute approximate surface area is 314 Å². The molecule has 10 nitrogen and oxygen atoms in total. The van der Waals surface area contributed by atoms with Crippen molar-refractivity contribution >= 4 is 57.7 Å². The van der Waals surface area contributed by atoms with Gasteiger partial charge in [0.25, 0.3) is 11.8 Å². The van der Waals surface area contributed by atoms with Crippen LogP contribution in [0.25, 0.3) is 17.3 Å². The second-order valence-corrected chi connectivity index (χ2v) is 13.5. The number of thioether (sulfide) groups is 1. The normalized spacial score (nSPS) is 11.6. The van der Waals surface area contributed by atoms with Crippen LogP contribution in [0.3, 0.4) is 0 Å². The summed E-state index contributed by atoms with van der Waals surface area (Å²) in [5, 5.41) is 20.2. The Morgan fingerprint density at radius 2 is 1.57 bits per heavy atom. The zero-order valence-electron chi connectivity index (χ0n) is 28.6. The number of methoxy groups -OCH3 is 2. The highest BCUT2D eigenvalue weighted by Crippen LogP contribution is 2.38. The summed E-state index contributed by atoms with van der Waals surface area (Å²) in [5.41, 5.74) is 3.57. The van der Waals surface area contributed by atoms with Crippen molar-refractivity contribution in [2.75, 3.05) is 24.9 Å². The van der Waals surface area contributed by atoms with Crippen LogP contribution >= 0.6 is 23.1 Å². The molecule has 0 saturated heterocycles. The Morgan fingerprint density at radius 3 is 2.32 bits per heavy atom. The van der Waals surface area contributed by atoms with Crippen molar-refractivity contribution in [2.45, 2.75) is 10.1 Å². The number of amides is 3. The molecule has 0 radical (unpaired) electrons. The van der Waals surface area contributed by atoms with E-state index in [9.17, 15) is 19.5 Å². The summed E-state index contributed by atoms with van der Waals surface area (Å²) in [6, 6.07) is 37.0. The number of ether oxygens (including phenoxy) is 2. The molecule has 0 aliphatic heterocycles. The minimum Gasteiger partial charge on any atom is -0.508 e. The lowest BCUT2D eigenvalue weighted by atomic mass is 10.1. The number of carbonyl (C=O) groups excluding carboxylic acids is 3. The van der Waals surface area contributed by atoms with Crippen molar-refractivity contribution in [1.82, 2.24) is 10.3 Å². The van der Waals surface area contributed by atoms with Crippen molar-refractivity contribution in [3.05, 3.63) is 155 Å². The predicted molar refractivity (Wildman–Crippen MR) is 209 cm³/mol. The predicted octanol–water partition coefficient (Wildman–Crippen LogP) is 8.41. The van der Waals surface area contributed by atoms with Gasteiger partial charge in [-0.3, -0.25) is 14.4 Å². The van der Waals surface area contributed by atoms with E-state index < -0.39 is 17.1 Å². The largest absolute Gasteiger partial charge is 0.508 e. The number of hydrogen-bond acceptors (Lipinski definition) is 9. The van der Waals surface area contributed by atoms with Gasteiger partial charge in [-0.05, 0) is 66.2 Å². The molecule has 6 aromatic rings. The molecule has 0 saturated carbocycles. The number of phenolic OH excluding ortho intramolecular Hbond substituents is 1. The van der Waals surface area contributed by atoms with Gasteiger partial charge in [-0.25, -0.2) is 4.98 Å².